The van der Waals surface area contributed by atoms with Crippen LogP contribution in [-0.4, -0.2) is 24.0 Å². The lowest BCUT2D eigenvalue weighted by molar-refractivity contribution is -0.126. The van der Waals surface area contributed by atoms with Crippen molar-refractivity contribution in [2.45, 2.75) is 64.5 Å². The average molecular weight is 238 g/mol. The van der Waals surface area contributed by atoms with Crippen LogP contribution in [0, 0.1) is 11.8 Å². The van der Waals surface area contributed by atoms with E-state index in [1.807, 2.05) is 20.8 Å². The molecule has 0 spiro atoms. The zero-order valence-electron chi connectivity index (χ0n) is 11.4. The zero-order chi connectivity index (χ0) is 12.5. The van der Waals surface area contributed by atoms with E-state index < -0.39 is 0 Å². The largest absolute Gasteiger partial charge is 0.350 e. The van der Waals surface area contributed by atoms with Gasteiger partial charge in [-0.1, -0.05) is 19.3 Å². The second-order valence-corrected chi connectivity index (χ2v) is 6.74. The van der Waals surface area contributed by atoms with Gasteiger partial charge in [-0.15, -0.1) is 0 Å². The fraction of sp³-hybridized carbons (Fsp3) is 0.929. The number of carbonyl (C=O) groups is 1. The molecular formula is C14H26N2O. The number of amides is 1. The monoisotopic (exact) mass is 238 g/mol. The Morgan fingerprint density at radius 3 is 2.47 bits per heavy atom. The fourth-order valence-electron chi connectivity index (χ4n) is 3.20. The van der Waals surface area contributed by atoms with E-state index >= 15 is 0 Å². The van der Waals surface area contributed by atoms with E-state index in [-0.39, 0.29) is 17.5 Å². The quantitative estimate of drug-likeness (QED) is 0.734. The average Bonchev–Trinajstić information content (AvgIpc) is 2.26. The van der Waals surface area contributed by atoms with Gasteiger partial charge in [0.2, 0.25) is 5.91 Å². The highest BCUT2D eigenvalue weighted by Gasteiger charge is 2.35. The predicted octanol–water partition coefficient (Wildman–Crippen LogP) is 2.07. The van der Waals surface area contributed by atoms with Crippen LogP contribution in [0.3, 0.4) is 0 Å². The maximum Gasteiger partial charge on any atom is 0.237 e. The van der Waals surface area contributed by atoms with Gasteiger partial charge in [0.25, 0.3) is 0 Å². The molecule has 3 atom stereocenters. The van der Waals surface area contributed by atoms with Gasteiger partial charge >= 0.3 is 0 Å². The van der Waals surface area contributed by atoms with Crippen molar-refractivity contribution in [2.24, 2.45) is 11.8 Å². The summed E-state index contributed by atoms with van der Waals surface area (Å²) in [6, 6.07) is 0.0357. The van der Waals surface area contributed by atoms with Crippen molar-refractivity contribution in [3.05, 3.63) is 0 Å². The van der Waals surface area contributed by atoms with Crippen molar-refractivity contribution in [3.8, 4) is 0 Å². The molecule has 2 aliphatic rings. The Bertz CT molecular complexity index is 282. The Hall–Kier alpha value is -0.570. The first-order valence-corrected chi connectivity index (χ1v) is 7.01. The SMILES string of the molecule is CC(C)(C)NC(=O)C1C[C@H]2CCCC[C@H]2CN1. The number of hydrogen-bond acceptors (Lipinski definition) is 2. The third kappa shape index (κ3) is 3.44. The smallest absolute Gasteiger partial charge is 0.237 e. The van der Waals surface area contributed by atoms with Gasteiger partial charge in [0, 0.05) is 5.54 Å². The van der Waals surface area contributed by atoms with Crippen LogP contribution in [-0.2, 0) is 4.79 Å². The van der Waals surface area contributed by atoms with Crippen molar-refractivity contribution >= 4 is 5.91 Å². The first-order valence-electron chi connectivity index (χ1n) is 7.01. The molecule has 0 aromatic heterocycles. The Kier molecular flexibility index (Phi) is 3.76. The lowest BCUT2D eigenvalue weighted by atomic mass is 9.73. The highest BCUT2D eigenvalue weighted by atomic mass is 16.2. The summed E-state index contributed by atoms with van der Waals surface area (Å²) in [5, 5.41) is 6.51. The van der Waals surface area contributed by atoms with Crippen LogP contribution < -0.4 is 10.6 Å². The number of rotatable bonds is 1. The Labute approximate surface area is 105 Å². The van der Waals surface area contributed by atoms with Crippen molar-refractivity contribution in [3.63, 3.8) is 0 Å². The Morgan fingerprint density at radius 1 is 1.18 bits per heavy atom. The maximum atomic E-state index is 12.1. The minimum atomic E-state index is -0.123. The minimum absolute atomic E-state index is 0.0357. The van der Waals surface area contributed by atoms with Crippen LogP contribution in [0.15, 0.2) is 0 Å². The molecule has 1 amide bonds. The molecule has 1 heterocycles. The summed E-state index contributed by atoms with van der Waals surface area (Å²) in [6.07, 6.45) is 6.44. The van der Waals surface area contributed by atoms with Gasteiger partial charge in [-0.3, -0.25) is 4.79 Å². The van der Waals surface area contributed by atoms with Crippen LogP contribution in [0.2, 0.25) is 0 Å². The Morgan fingerprint density at radius 2 is 1.82 bits per heavy atom. The topological polar surface area (TPSA) is 41.1 Å². The van der Waals surface area contributed by atoms with Gasteiger partial charge in [0.05, 0.1) is 6.04 Å². The van der Waals surface area contributed by atoms with Gasteiger partial charge in [0.15, 0.2) is 0 Å². The van der Waals surface area contributed by atoms with Crippen molar-refractivity contribution in [1.82, 2.24) is 10.6 Å². The van der Waals surface area contributed by atoms with E-state index in [2.05, 4.69) is 10.6 Å². The van der Waals surface area contributed by atoms with Gasteiger partial charge in [-0.05, 0) is 52.0 Å². The maximum absolute atomic E-state index is 12.1. The van der Waals surface area contributed by atoms with E-state index in [9.17, 15) is 4.79 Å². The van der Waals surface area contributed by atoms with Crippen LogP contribution in [0.4, 0.5) is 0 Å². The molecule has 1 aliphatic heterocycles. The fourth-order valence-corrected chi connectivity index (χ4v) is 3.20. The van der Waals surface area contributed by atoms with E-state index in [1.165, 1.54) is 25.7 Å². The first-order chi connectivity index (χ1) is 7.96. The standard InChI is InChI=1S/C14H26N2O/c1-14(2,3)16-13(17)12-8-10-6-4-5-7-11(10)9-15-12/h10-12,15H,4-9H2,1-3H3,(H,16,17)/t10-,11+,12?/m1/s1. The molecule has 2 fully saturated rings. The van der Waals surface area contributed by atoms with Gasteiger partial charge in [-0.25, -0.2) is 0 Å². The number of fused-ring (bicyclic) bond motifs is 1. The third-order valence-electron chi connectivity index (χ3n) is 4.05. The highest BCUT2D eigenvalue weighted by Crippen LogP contribution is 2.35. The van der Waals surface area contributed by atoms with Gasteiger partial charge in [0.1, 0.15) is 0 Å². The van der Waals surface area contributed by atoms with E-state index in [0.29, 0.717) is 0 Å². The molecule has 2 N–H and O–H groups in total. The van der Waals surface area contributed by atoms with Crippen LogP contribution in [0.25, 0.3) is 0 Å². The molecule has 3 heteroatoms. The molecule has 2 rings (SSSR count). The summed E-state index contributed by atoms with van der Waals surface area (Å²) < 4.78 is 0. The summed E-state index contributed by atoms with van der Waals surface area (Å²) in [5.41, 5.74) is -0.123. The third-order valence-corrected chi connectivity index (χ3v) is 4.05. The molecule has 0 bridgehead atoms. The van der Waals surface area contributed by atoms with E-state index in [0.717, 1.165) is 24.8 Å². The van der Waals surface area contributed by atoms with Crippen molar-refractivity contribution in [1.29, 1.82) is 0 Å². The molecular weight excluding hydrogens is 212 g/mol. The minimum Gasteiger partial charge on any atom is -0.350 e. The summed E-state index contributed by atoms with van der Waals surface area (Å²) in [5.74, 6) is 1.78. The molecule has 1 unspecified atom stereocenters. The summed E-state index contributed by atoms with van der Waals surface area (Å²) in [6.45, 7) is 7.15. The van der Waals surface area contributed by atoms with E-state index in [4.69, 9.17) is 0 Å². The summed E-state index contributed by atoms with van der Waals surface area (Å²) in [7, 11) is 0. The predicted molar refractivity (Wildman–Crippen MR) is 69.8 cm³/mol. The normalized spacial score (nSPS) is 33.9. The highest BCUT2D eigenvalue weighted by molar-refractivity contribution is 5.82. The Balaban J connectivity index is 1.89. The molecule has 0 aromatic carbocycles. The van der Waals surface area contributed by atoms with Gasteiger partial charge in [-0.2, -0.15) is 0 Å². The first kappa shape index (κ1) is 12.9. The molecule has 0 aromatic rings. The molecule has 1 aliphatic carbocycles. The molecule has 1 saturated heterocycles. The lowest BCUT2D eigenvalue weighted by Gasteiger charge is -2.40. The summed E-state index contributed by atoms with van der Waals surface area (Å²) >= 11 is 0. The number of nitrogens with one attached hydrogen (secondary N) is 2. The molecule has 3 nitrogen and oxygen atoms in total. The molecule has 1 saturated carbocycles. The number of piperidine rings is 1. The van der Waals surface area contributed by atoms with Crippen LogP contribution in [0.1, 0.15) is 52.9 Å². The van der Waals surface area contributed by atoms with Crippen LogP contribution >= 0.6 is 0 Å². The van der Waals surface area contributed by atoms with E-state index in [1.54, 1.807) is 0 Å². The van der Waals surface area contributed by atoms with Crippen molar-refractivity contribution in [2.75, 3.05) is 6.54 Å². The molecule has 0 radical (unpaired) electrons. The second kappa shape index (κ2) is 4.97. The van der Waals surface area contributed by atoms with Gasteiger partial charge < -0.3 is 10.6 Å². The molecule has 98 valence electrons. The molecule has 17 heavy (non-hydrogen) atoms. The lowest BCUT2D eigenvalue weighted by Crippen LogP contribution is -2.55. The van der Waals surface area contributed by atoms with Crippen molar-refractivity contribution < 1.29 is 4.79 Å². The summed E-state index contributed by atoms with van der Waals surface area (Å²) in [4.78, 5) is 12.1. The number of carbonyl (C=O) groups excluding carboxylic acids is 1. The second-order valence-electron chi connectivity index (χ2n) is 6.74. The number of hydrogen-bond donors (Lipinski definition) is 2. The zero-order valence-corrected chi connectivity index (χ0v) is 11.4. The van der Waals surface area contributed by atoms with Crippen LogP contribution in [0.5, 0.6) is 0 Å².